The number of hydrogen-bond acceptors (Lipinski definition) is 5. The van der Waals surface area contributed by atoms with Gasteiger partial charge in [0.1, 0.15) is 11.5 Å². The molecule has 0 N–H and O–H groups in total. The van der Waals surface area contributed by atoms with Crippen molar-refractivity contribution in [1.82, 2.24) is 0 Å². The summed E-state index contributed by atoms with van der Waals surface area (Å²) in [5.41, 5.74) is 2.12. The van der Waals surface area contributed by atoms with Gasteiger partial charge < -0.3 is 14.2 Å². The second kappa shape index (κ2) is 15.6. The number of carbonyl (C=O) groups is 2. The summed E-state index contributed by atoms with van der Waals surface area (Å²) in [7, 11) is 0. The van der Waals surface area contributed by atoms with E-state index in [-0.39, 0.29) is 17.7 Å². The first-order valence-electron chi connectivity index (χ1n) is 13.8. The molecule has 8 heteroatoms. The molecule has 0 heterocycles. The number of allylic oxidation sites excluding steroid dienone is 1. The minimum atomic E-state index is -4.64. The van der Waals surface area contributed by atoms with Gasteiger partial charge in [0, 0.05) is 0 Å². The fourth-order valence-corrected chi connectivity index (χ4v) is 4.03. The third-order valence-corrected chi connectivity index (χ3v) is 6.36. The van der Waals surface area contributed by atoms with Crippen LogP contribution in [0, 0.1) is 0 Å². The topological polar surface area (TPSA) is 61.8 Å². The molecule has 0 amide bonds. The van der Waals surface area contributed by atoms with Crippen molar-refractivity contribution in [2.45, 2.75) is 64.1 Å². The van der Waals surface area contributed by atoms with E-state index >= 15 is 0 Å². The van der Waals surface area contributed by atoms with Crippen LogP contribution in [0.15, 0.2) is 85.5 Å². The van der Waals surface area contributed by atoms with Gasteiger partial charge in [-0.3, -0.25) is 0 Å². The van der Waals surface area contributed by atoms with Gasteiger partial charge in [0.2, 0.25) is 0 Å². The third-order valence-electron chi connectivity index (χ3n) is 6.36. The molecule has 5 nitrogen and oxygen atoms in total. The molecule has 0 bridgehead atoms. The van der Waals surface area contributed by atoms with Gasteiger partial charge in [0.05, 0.1) is 17.7 Å². The van der Waals surface area contributed by atoms with E-state index in [1.807, 2.05) is 37.3 Å². The zero-order chi connectivity index (χ0) is 29.7. The van der Waals surface area contributed by atoms with Crippen LogP contribution in [0.1, 0.15) is 72.6 Å². The molecule has 218 valence electrons. The highest BCUT2D eigenvalue weighted by Gasteiger charge is 2.42. The van der Waals surface area contributed by atoms with Crippen molar-refractivity contribution in [3.63, 3.8) is 0 Å². The first-order chi connectivity index (χ1) is 19.7. The van der Waals surface area contributed by atoms with Crippen molar-refractivity contribution < 1.29 is 37.0 Å². The van der Waals surface area contributed by atoms with Crippen LogP contribution in [0.4, 0.5) is 13.2 Å². The smallest absolute Gasteiger partial charge is 0.425 e. The van der Waals surface area contributed by atoms with E-state index in [2.05, 4.69) is 6.58 Å². The maximum absolute atomic E-state index is 13.3. The monoisotopic (exact) mass is 568 g/mol. The molecule has 0 fully saturated rings. The molecule has 1 unspecified atom stereocenters. The standard InChI is InChI=1S/C33H35F3O5/c1-3-5-7-8-10-30(33(34,35)36)41-32(38)27-17-21-29(22-18-27)40-31(37)26-13-11-24(12-14-26)25-15-19-28(20-16-25)39-23-9-6-4-2/h4,11-22,30H,2-3,5-10,23H2,1H3. The van der Waals surface area contributed by atoms with Gasteiger partial charge in [-0.1, -0.05) is 56.5 Å². The average Bonchev–Trinajstić information content (AvgIpc) is 2.97. The molecule has 41 heavy (non-hydrogen) atoms. The number of halogens is 3. The van der Waals surface area contributed by atoms with Crippen LogP contribution in [0.5, 0.6) is 11.5 Å². The molecule has 0 spiro atoms. The fourth-order valence-electron chi connectivity index (χ4n) is 4.03. The van der Waals surface area contributed by atoms with Gasteiger partial charge in [0.25, 0.3) is 0 Å². The Morgan fingerprint density at radius 1 is 0.780 bits per heavy atom. The Labute approximate surface area is 238 Å². The highest BCUT2D eigenvalue weighted by atomic mass is 19.4. The van der Waals surface area contributed by atoms with Gasteiger partial charge in [-0.25, -0.2) is 9.59 Å². The summed E-state index contributed by atoms with van der Waals surface area (Å²) in [4.78, 5) is 25.0. The Hall–Kier alpha value is -4.07. The third kappa shape index (κ3) is 10.1. The quantitative estimate of drug-likeness (QED) is 0.0793. The van der Waals surface area contributed by atoms with Gasteiger partial charge in [-0.15, -0.1) is 6.58 Å². The van der Waals surface area contributed by atoms with Gasteiger partial charge in [0.15, 0.2) is 6.10 Å². The second-order valence-electron chi connectivity index (χ2n) is 9.58. The van der Waals surface area contributed by atoms with Crippen LogP contribution in [-0.4, -0.2) is 30.8 Å². The first-order valence-corrected chi connectivity index (χ1v) is 13.8. The highest BCUT2D eigenvalue weighted by Crippen LogP contribution is 2.29. The molecular formula is C33H35F3O5. The van der Waals surface area contributed by atoms with Gasteiger partial charge >= 0.3 is 18.1 Å². The van der Waals surface area contributed by atoms with Gasteiger partial charge in [-0.05, 0) is 85.3 Å². The Morgan fingerprint density at radius 3 is 1.93 bits per heavy atom. The Balaban J connectivity index is 1.54. The molecule has 0 radical (unpaired) electrons. The summed E-state index contributed by atoms with van der Waals surface area (Å²) >= 11 is 0. The van der Waals surface area contributed by atoms with E-state index in [0.717, 1.165) is 42.6 Å². The summed E-state index contributed by atoms with van der Waals surface area (Å²) in [5, 5.41) is 0. The number of rotatable bonds is 15. The van der Waals surface area contributed by atoms with Crippen molar-refractivity contribution in [2.75, 3.05) is 6.61 Å². The van der Waals surface area contributed by atoms with E-state index in [9.17, 15) is 22.8 Å². The number of unbranched alkanes of at least 4 members (excludes halogenated alkanes) is 4. The fraction of sp³-hybridized carbons (Fsp3) is 0.333. The molecule has 3 rings (SSSR count). The number of ether oxygens (including phenoxy) is 3. The largest absolute Gasteiger partial charge is 0.494 e. The maximum Gasteiger partial charge on any atom is 0.425 e. The molecule has 0 aliphatic rings. The van der Waals surface area contributed by atoms with Crippen molar-refractivity contribution in [3.8, 4) is 22.6 Å². The second-order valence-corrected chi connectivity index (χ2v) is 9.58. The number of hydrogen-bond donors (Lipinski definition) is 0. The van der Waals surface area contributed by atoms with E-state index in [4.69, 9.17) is 14.2 Å². The molecule has 3 aromatic carbocycles. The van der Waals surface area contributed by atoms with Crippen LogP contribution in [0.25, 0.3) is 11.1 Å². The van der Waals surface area contributed by atoms with Crippen LogP contribution < -0.4 is 9.47 Å². The number of esters is 2. The Bertz CT molecular complexity index is 1250. The predicted molar refractivity (Wildman–Crippen MR) is 152 cm³/mol. The van der Waals surface area contributed by atoms with Crippen molar-refractivity contribution in [3.05, 3.63) is 96.6 Å². The summed E-state index contributed by atoms with van der Waals surface area (Å²) in [6, 6.07) is 19.8. The Morgan fingerprint density at radius 2 is 1.34 bits per heavy atom. The molecule has 0 aliphatic carbocycles. The molecule has 1 atom stereocenters. The molecule has 3 aromatic rings. The number of benzene rings is 3. The lowest BCUT2D eigenvalue weighted by molar-refractivity contribution is -0.206. The minimum absolute atomic E-state index is 0.0647. The SMILES string of the molecule is C=CCCCOc1ccc(-c2ccc(C(=O)Oc3ccc(C(=O)OC(CCCCCC)C(F)(F)F)cc3)cc2)cc1. The summed E-state index contributed by atoms with van der Waals surface area (Å²) in [6.45, 7) is 6.27. The highest BCUT2D eigenvalue weighted by molar-refractivity contribution is 5.92. The lowest BCUT2D eigenvalue weighted by atomic mass is 10.0. The minimum Gasteiger partial charge on any atom is -0.494 e. The lowest BCUT2D eigenvalue weighted by Gasteiger charge is -2.20. The normalized spacial score (nSPS) is 11.9. The molecule has 0 aromatic heterocycles. The van der Waals surface area contributed by atoms with Crippen LogP contribution in [-0.2, 0) is 4.74 Å². The summed E-state index contributed by atoms with van der Waals surface area (Å²) in [5.74, 6) is -0.769. The van der Waals surface area contributed by atoms with E-state index in [1.54, 1.807) is 24.3 Å². The molecule has 0 aliphatic heterocycles. The summed E-state index contributed by atoms with van der Waals surface area (Å²) < 4.78 is 55.8. The van der Waals surface area contributed by atoms with Crippen molar-refractivity contribution >= 4 is 11.9 Å². The van der Waals surface area contributed by atoms with E-state index in [1.165, 1.54) is 24.3 Å². The average molecular weight is 569 g/mol. The first kappa shape index (κ1) is 31.5. The zero-order valence-electron chi connectivity index (χ0n) is 23.1. The van der Waals surface area contributed by atoms with Crippen LogP contribution in [0.2, 0.25) is 0 Å². The predicted octanol–water partition coefficient (Wildman–Crippen LogP) is 8.98. The number of alkyl halides is 3. The van der Waals surface area contributed by atoms with E-state index < -0.39 is 24.2 Å². The van der Waals surface area contributed by atoms with Crippen molar-refractivity contribution in [1.29, 1.82) is 0 Å². The van der Waals surface area contributed by atoms with Crippen molar-refractivity contribution in [2.24, 2.45) is 0 Å². The maximum atomic E-state index is 13.3. The lowest BCUT2D eigenvalue weighted by Crippen LogP contribution is -2.33. The Kier molecular flexibility index (Phi) is 12.0. The number of carbonyl (C=O) groups excluding carboxylic acids is 2. The molecule has 0 saturated carbocycles. The summed E-state index contributed by atoms with van der Waals surface area (Å²) in [6.07, 6.45) is -0.747. The molecule has 0 saturated heterocycles. The molecular weight excluding hydrogens is 533 g/mol. The van der Waals surface area contributed by atoms with E-state index in [0.29, 0.717) is 25.0 Å². The van der Waals surface area contributed by atoms with Gasteiger partial charge in [-0.2, -0.15) is 13.2 Å². The van der Waals surface area contributed by atoms with Crippen LogP contribution in [0.3, 0.4) is 0 Å². The zero-order valence-corrected chi connectivity index (χ0v) is 23.1. The van der Waals surface area contributed by atoms with Crippen LogP contribution >= 0.6 is 0 Å².